The summed E-state index contributed by atoms with van der Waals surface area (Å²) in [5, 5.41) is 3.48. The molecule has 1 heterocycles. The lowest BCUT2D eigenvalue weighted by Gasteiger charge is -2.47. The quantitative estimate of drug-likeness (QED) is 0.547. The van der Waals surface area contributed by atoms with E-state index in [0.717, 1.165) is 0 Å². The van der Waals surface area contributed by atoms with Gasteiger partial charge in [0.05, 0.1) is 0 Å². The predicted molar refractivity (Wildman–Crippen MR) is 121 cm³/mol. The highest BCUT2D eigenvalue weighted by atomic mass is 32.1. The van der Waals surface area contributed by atoms with E-state index in [9.17, 15) is 0 Å². The Balaban J connectivity index is 3.11. The summed E-state index contributed by atoms with van der Waals surface area (Å²) in [7, 11) is 0.224. The Kier molecular flexibility index (Phi) is 7.15. The first-order valence-electron chi connectivity index (χ1n) is 9.50. The van der Waals surface area contributed by atoms with Crippen molar-refractivity contribution in [3.05, 3.63) is 24.8 Å². The average molecular weight is 401 g/mol. The zero-order valence-corrected chi connectivity index (χ0v) is 21.0. The Bertz CT molecular complexity index is 492. The minimum atomic E-state index is -0.466. The predicted octanol–water partition coefficient (Wildman–Crippen LogP) is 6.45. The van der Waals surface area contributed by atoms with Crippen molar-refractivity contribution in [1.29, 1.82) is 0 Å². The van der Waals surface area contributed by atoms with Crippen LogP contribution in [0.15, 0.2) is 24.8 Å². The highest BCUT2D eigenvalue weighted by molar-refractivity contribution is 8.18. The average Bonchev–Trinajstić information content (AvgIpc) is 2.78. The second-order valence-electron chi connectivity index (χ2n) is 11.0. The molecule has 4 nitrogen and oxygen atoms in total. The fourth-order valence-electron chi connectivity index (χ4n) is 2.33. The summed E-state index contributed by atoms with van der Waals surface area (Å²) in [6.07, 6.45) is 8.94. The number of nitrogens with one attached hydrogen (secondary N) is 1. The number of rotatable bonds is 4. The van der Waals surface area contributed by atoms with E-state index in [1.807, 2.05) is 0 Å². The van der Waals surface area contributed by atoms with Crippen LogP contribution < -0.4 is 5.32 Å². The molecule has 6 heteroatoms. The molecule has 0 aromatic carbocycles. The van der Waals surface area contributed by atoms with Crippen molar-refractivity contribution >= 4 is 16.3 Å². The van der Waals surface area contributed by atoms with Gasteiger partial charge in [-0.1, -0.05) is 0 Å². The molecule has 0 aromatic rings. The van der Waals surface area contributed by atoms with Gasteiger partial charge < -0.3 is 19.3 Å². The Labute approximate surface area is 166 Å². The largest absolute Gasteiger partial charge is 0.385 e. The molecular weight excluding hydrogens is 358 g/mol. The molecule has 0 aliphatic carbocycles. The van der Waals surface area contributed by atoms with Crippen LogP contribution in [-0.4, -0.2) is 36.2 Å². The molecule has 1 rings (SSSR count). The van der Waals surface area contributed by atoms with E-state index in [2.05, 4.69) is 127 Å². The molecule has 26 heavy (non-hydrogen) atoms. The third-order valence-corrected chi connectivity index (χ3v) is 9.76. The lowest BCUT2D eigenvalue weighted by molar-refractivity contribution is 0.312. The highest BCUT2D eigenvalue weighted by Crippen LogP contribution is 2.70. The molecule has 0 saturated carbocycles. The minimum absolute atomic E-state index is 0.0759. The van der Waals surface area contributed by atoms with Gasteiger partial charge in [-0.05, 0) is 83.1 Å². The van der Waals surface area contributed by atoms with Crippen LogP contribution >= 0.6 is 16.3 Å². The van der Waals surface area contributed by atoms with Crippen molar-refractivity contribution in [1.82, 2.24) is 19.3 Å². The first-order valence-corrected chi connectivity index (χ1v) is 12.5. The molecule has 0 spiro atoms. The zero-order valence-electron chi connectivity index (χ0n) is 19.1. The summed E-state index contributed by atoms with van der Waals surface area (Å²) in [6, 6.07) is 0. The third-order valence-electron chi connectivity index (χ3n) is 3.79. The number of nitrogens with zero attached hydrogens (tertiary/aromatic N) is 3. The zero-order chi connectivity index (χ0) is 20.6. The molecular formula is C20H42N4P2. The van der Waals surface area contributed by atoms with Crippen LogP contribution in [0.3, 0.4) is 0 Å². The lowest BCUT2D eigenvalue weighted by atomic mass is 10.1. The monoisotopic (exact) mass is 400 g/mol. The van der Waals surface area contributed by atoms with Gasteiger partial charge in [-0.25, -0.2) is 0 Å². The van der Waals surface area contributed by atoms with Crippen molar-refractivity contribution in [2.75, 3.05) is 0 Å². The molecule has 0 fully saturated rings. The molecule has 1 aliphatic heterocycles. The molecule has 0 aromatic heterocycles. The topological polar surface area (TPSA) is 21.8 Å². The Morgan fingerprint density at radius 3 is 1.54 bits per heavy atom. The van der Waals surface area contributed by atoms with E-state index < -0.39 is 7.91 Å². The van der Waals surface area contributed by atoms with E-state index in [0.29, 0.717) is 8.42 Å². The molecule has 152 valence electrons. The van der Waals surface area contributed by atoms with Gasteiger partial charge in [-0.15, -0.1) is 0 Å². The molecule has 1 aliphatic rings. The van der Waals surface area contributed by atoms with Gasteiger partial charge >= 0.3 is 0 Å². The number of hydrogen-bond acceptors (Lipinski definition) is 4. The van der Waals surface area contributed by atoms with Crippen LogP contribution in [0, 0.1) is 0 Å². The van der Waals surface area contributed by atoms with Crippen LogP contribution in [0.25, 0.3) is 0 Å². The maximum Gasteiger partial charge on any atom is 0.139 e. The van der Waals surface area contributed by atoms with Crippen molar-refractivity contribution in [3.8, 4) is 0 Å². The summed E-state index contributed by atoms with van der Waals surface area (Å²) in [5.41, 5.74) is 0.392. The molecule has 1 N–H and O–H groups in total. The van der Waals surface area contributed by atoms with Gasteiger partial charge in [0.25, 0.3) is 0 Å². The molecule has 1 unspecified atom stereocenters. The summed E-state index contributed by atoms with van der Waals surface area (Å²) in [5.74, 6) is 0. The smallest absolute Gasteiger partial charge is 0.139 e. The lowest BCUT2D eigenvalue weighted by Crippen LogP contribution is -2.39. The summed E-state index contributed by atoms with van der Waals surface area (Å²) in [6.45, 7) is 27.3. The molecule has 0 amide bonds. The van der Waals surface area contributed by atoms with E-state index in [1.54, 1.807) is 0 Å². The fraction of sp³-hybridized carbons (Fsp3) is 0.800. The normalized spacial score (nSPS) is 18.0. The highest BCUT2D eigenvalue weighted by Gasteiger charge is 2.40. The first kappa shape index (κ1) is 23.6. The third kappa shape index (κ3) is 6.93. The summed E-state index contributed by atoms with van der Waals surface area (Å²) < 4.78 is 7.63. The van der Waals surface area contributed by atoms with Gasteiger partial charge in [-0.3, -0.25) is 0 Å². The van der Waals surface area contributed by atoms with Crippen molar-refractivity contribution in [2.24, 2.45) is 0 Å². The van der Waals surface area contributed by atoms with E-state index in [4.69, 9.17) is 0 Å². The van der Waals surface area contributed by atoms with E-state index in [1.165, 1.54) is 0 Å². The standard InChI is InChI=1S/C20H42N4P2/c1-17(2,3)21-13-14-22(18(4,5)6)25-26-23(19(7,8)9)15-16-24(26)20(10,11)12/h13-16,21,25H,1-12H3/b14-13-. The maximum absolute atomic E-state index is 3.48. The minimum Gasteiger partial charge on any atom is -0.385 e. The van der Waals surface area contributed by atoms with Gasteiger partial charge in [0.1, 0.15) is 7.91 Å². The molecule has 0 bridgehead atoms. The Morgan fingerprint density at radius 2 is 1.23 bits per heavy atom. The maximum atomic E-state index is 3.48. The summed E-state index contributed by atoms with van der Waals surface area (Å²) >= 11 is 0. The van der Waals surface area contributed by atoms with Gasteiger partial charge in [0.15, 0.2) is 0 Å². The van der Waals surface area contributed by atoms with Crippen molar-refractivity contribution in [2.45, 2.75) is 105 Å². The molecule has 0 radical (unpaired) electrons. The Morgan fingerprint density at radius 1 is 0.808 bits per heavy atom. The van der Waals surface area contributed by atoms with Gasteiger partial charge in [0.2, 0.25) is 0 Å². The van der Waals surface area contributed by atoms with Crippen LogP contribution in [0.2, 0.25) is 0 Å². The van der Waals surface area contributed by atoms with E-state index >= 15 is 0 Å². The number of hydrogen-bond donors (Lipinski definition) is 1. The van der Waals surface area contributed by atoms with Crippen molar-refractivity contribution in [3.63, 3.8) is 0 Å². The summed E-state index contributed by atoms with van der Waals surface area (Å²) in [4.78, 5) is 0. The van der Waals surface area contributed by atoms with Crippen LogP contribution in [0.5, 0.6) is 0 Å². The van der Waals surface area contributed by atoms with E-state index in [-0.39, 0.29) is 22.2 Å². The molecule has 0 saturated heterocycles. The second-order valence-corrected chi connectivity index (χ2v) is 14.9. The SMILES string of the molecule is CC(C)(C)N/C=C\N(PP1N(C(C)(C)C)C=CN1C(C)(C)C)C(C)(C)C. The van der Waals surface area contributed by atoms with Crippen LogP contribution in [-0.2, 0) is 0 Å². The van der Waals surface area contributed by atoms with Gasteiger partial charge in [0, 0.05) is 55.4 Å². The van der Waals surface area contributed by atoms with Gasteiger partial charge in [-0.2, -0.15) is 0 Å². The second kappa shape index (κ2) is 7.88. The fourth-order valence-corrected chi connectivity index (χ4v) is 9.33. The van der Waals surface area contributed by atoms with Crippen LogP contribution in [0.4, 0.5) is 0 Å². The Hall–Kier alpha value is -0.460. The first-order chi connectivity index (χ1) is 11.4. The molecule has 1 atom stereocenters. The van der Waals surface area contributed by atoms with Crippen LogP contribution in [0.1, 0.15) is 83.1 Å². The van der Waals surface area contributed by atoms with Crippen molar-refractivity contribution < 1.29 is 0 Å².